The average Bonchev–Trinajstić information content (AvgIpc) is 3.27. The summed E-state index contributed by atoms with van der Waals surface area (Å²) in [5.41, 5.74) is 0.483. The largest absolute Gasteiger partial charge is 0.354 e. The Balaban J connectivity index is 1.24. The minimum atomic E-state index is -1.44. The molecule has 0 spiro atoms. The Kier molecular flexibility index (Phi) is 5.92. The molecule has 1 aromatic carbocycles. The van der Waals surface area contributed by atoms with Gasteiger partial charge in [-0.25, -0.2) is 37.2 Å². The van der Waals surface area contributed by atoms with E-state index in [1.165, 1.54) is 12.4 Å². The van der Waals surface area contributed by atoms with E-state index in [-0.39, 0.29) is 11.4 Å². The first kappa shape index (κ1) is 23.4. The van der Waals surface area contributed by atoms with E-state index in [4.69, 9.17) is 10.1 Å². The fraction of sp³-hybridized carbons (Fsp3) is 0.538. The van der Waals surface area contributed by atoms with Gasteiger partial charge < -0.3 is 4.90 Å². The van der Waals surface area contributed by atoms with Crippen LogP contribution in [0.4, 0.5) is 23.4 Å². The molecule has 1 saturated heterocycles. The molecule has 36 heavy (non-hydrogen) atoms. The van der Waals surface area contributed by atoms with Gasteiger partial charge in [-0.05, 0) is 56.4 Å². The predicted molar refractivity (Wildman–Crippen MR) is 124 cm³/mol. The first-order valence-corrected chi connectivity index (χ1v) is 12.7. The van der Waals surface area contributed by atoms with Gasteiger partial charge in [0.1, 0.15) is 12.2 Å². The molecule has 1 aliphatic carbocycles. The monoisotopic (exact) mass is 500 g/mol. The lowest BCUT2D eigenvalue weighted by Gasteiger charge is -2.38. The molecule has 0 radical (unpaired) electrons. The van der Waals surface area contributed by atoms with Crippen molar-refractivity contribution in [3.63, 3.8) is 0 Å². The molecule has 2 fully saturated rings. The van der Waals surface area contributed by atoms with Crippen LogP contribution in [0.3, 0.4) is 0 Å². The lowest BCUT2D eigenvalue weighted by Crippen LogP contribution is -2.43. The van der Waals surface area contributed by atoms with Crippen LogP contribution in [0.25, 0.3) is 0 Å². The molecule has 6 nitrogen and oxygen atoms in total. The van der Waals surface area contributed by atoms with Crippen LogP contribution in [-0.2, 0) is 13.0 Å². The second-order valence-electron chi connectivity index (χ2n) is 10.4. The summed E-state index contributed by atoms with van der Waals surface area (Å²) in [6.07, 6.45) is 6.53. The van der Waals surface area contributed by atoms with Crippen LogP contribution in [0.1, 0.15) is 60.9 Å². The van der Waals surface area contributed by atoms with Crippen molar-refractivity contribution in [3.8, 4) is 0 Å². The maximum atomic E-state index is 14.7. The van der Waals surface area contributed by atoms with Gasteiger partial charge in [0.25, 0.3) is 0 Å². The second kappa shape index (κ2) is 9.12. The molecular formula is C26H28F4N6. The van der Waals surface area contributed by atoms with Crippen molar-refractivity contribution in [1.82, 2.24) is 24.7 Å². The zero-order valence-electron chi connectivity index (χ0n) is 20.1. The van der Waals surface area contributed by atoms with Crippen LogP contribution in [-0.4, -0.2) is 37.8 Å². The molecule has 2 aromatic heterocycles. The number of nitrogens with zero attached hydrogens (tertiary/aromatic N) is 6. The molecule has 4 atom stereocenters. The second-order valence-corrected chi connectivity index (χ2v) is 10.4. The molecule has 0 amide bonds. The summed E-state index contributed by atoms with van der Waals surface area (Å²) in [5.74, 6) is -1.77. The van der Waals surface area contributed by atoms with Gasteiger partial charge in [-0.15, -0.1) is 0 Å². The Labute approximate surface area is 206 Å². The molecule has 4 heterocycles. The molecule has 1 saturated carbocycles. The predicted octanol–water partition coefficient (Wildman–Crippen LogP) is 4.95. The van der Waals surface area contributed by atoms with Crippen LogP contribution in [0, 0.1) is 47.9 Å². The maximum absolute atomic E-state index is 14.7. The van der Waals surface area contributed by atoms with Crippen LogP contribution in [0.5, 0.6) is 0 Å². The SMILES string of the molecule is Cc1ncnc(N2C[C@H]3CC[C@@H](C2)C3Cc2nc3n(n2)CCCCC3c2ccc(F)c(F)c2F)c1F. The lowest BCUT2D eigenvalue weighted by molar-refractivity contribution is 0.263. The summed E-state index contributed by atoms with van der Waals surface area (Å²) >= 11 is 0. The fourth-order valence-electron chi connectivity index (χ4n) is 6.47. The molecule has 2 aliphatic heterocycles. The van der Waals surface area contributed by atoms with Gasteiger partial charge >= 0.3 is 0 Å². The summed E-state index contributed by atoms with van der Waals surface area (Å²) in [5, 5.41) is 4.77. The molecule has 0 N–H and O–H groups in total. The molecule has 3 aliphatic rings. The first-order chi connectivity index (χ1) is 17.4. The molecule has 2 unspecified atom stereocenters. The van der Waals surface area contributed by atoms with Crippen molar-refractivity contribution in [2.75, 3.05) is 18.0 Å². The number of hydrogen-bond acceptors (Lipinski definition) is 5. The van der Waals surface area contributed by atoms with Gasteiger partial charge in [-0.3, -0.25) is 0 Å². The minimum Gasteiger partial charge on any atom is -0.354 e. The number of hydrogen-bond donors (Lipinski definition) is 0. The number of halogens is 4. The molecule has 190 valence electrons. The number of piperidine rings is 1. The Bertz CT molecular complexity index is 1280. The van der Waals surface area contributed by atoms with E-state index in [2.05, 4.69) is 9.97 Å². The minimum absolute atomic E-state index is 0.131. The fourth-order valence-corrected chi connectivity index (χ4v) is 6.47. The number of anilines is 1. The van der Waals surface area contributed by atoms with Crippen molar-refractivity contribution in [3.05, 3.63) is 64.6 Å². The van der Waals surface area contributed by atoms with Crippen molar-refractivity contribution in [2.45, 2.75) is 57.9 Å². The van der Waals surface area contributed by atoms with E-state index < -0.39 is 23.4 Å². The van der Waals surface area contributed by atoms with Crippen LogP contribution < -0.4 is 4.90 Å². The van der Waals surface area contributed by atoms with Crippen LogP contribution in [0.15, 0.2) is 18.5 Å². The highest BCUT2D eigenvalue weighted by Crippen LogP contribution is 2.45. The summed E-state index contributed by atoms with van der Waals surface area (Å²) in [4.78, 5) is 15.0. The number of rotatable bonds is 4. The zero-order chi connectivity index (χ0) is 25.0. The van der Waals surface area contributed by atoms with E-state index in [0.29, 0.717) is 60.3 Å². The van der Waals surface area contributed by atoms with Gasteiger partial charge in [0.05, 0.1) is 5.69 Å². The van der Waals surface area contributed by atoms with Crippen LogP contribution >= 0.6 is 0 Å². The highest BCUT2D eigenvalue weighted by Gasteiger charge is 2.43. The molecular weight excluding hydrogens is 472 g/mol. The third-order valence-electron chi connectivity index (χ3n) is 8.30. The summed E-state index contributed by atoms with van der Waals surface area (Å²) in [6.45, 7) is 3.77. The Hall–Kier alpha value is -3.04. The molecule has 3 aromatic rings. The first-order valence-electron chi connectivity index (χ1n) is 12.7. The smallest absolute Gasteiger partial charge is 0.194 e. The zero-order valence-corrected chi connectivity index (χ0v) is 20.1. The van der Waals surface area contributed by atoms with Gasteiger partial charge in [-0.2, -0.15) is 5.10 Å². The van der Waals surface area contributed by atoms with Gasteiger partial charge in [-0.1, -0.05) is 12.5 Å². The Morgan fingerprint density at radius 3 is 2.47 bits per heavy atom. The summed E-state index contributed by atoms with van der Waals surface area (Å²) in [7, 11) is 0. The Morgan fingerprint density at radius 1 is 0.917 bits per heavy atom. The average molecular weight is 501 g/mol. The lowest BCUT2D eigenvalue weighted by atomic mass is 9.82. The number of fused-ring (bicyclic) bond motifs is 3. The van der Waals surface area contributed by atoms with Crippen molar-refractivity contribution in [2.24, 2.45) is 17.8 Å². The summed E-state index contributed by atoms with van der Waals surface area (Å²) < 4.78 is 58.7. The van der Waals surface area contributed by atoms with E-state index in [1.807, 2.05) is 9.58 Å². The van der Waals surface area contributed by atoms with Gasteiger partial charge in [0.15, 0.2) is 34.9 Å². The third-order valence-corrected chi connectivity index (χ3v) is 8.30. The van der Waals surface area contributed by atoms with E-state index in [1.54, 1.807) is 6.92 Å². The maximum Gasteiger partial charge on any atom is 0.194 e. The highest BCUT2D eigenvalue weighted by atomic mass is 19.2. The topological polar surface area (TPSA) is 59.7 Å². The standard InChI is InChI=1S/C26H28F4N6/c1-14-22(28)26(32-13-31-14)35-11-15-5-6-16(12-35)19(15)10-21-33-25-18(4-2-3-9-36(25)34-21)17-7-8-20(27)24(30)23(17)29/h7-8,13,15-16,18-19H,2-6,9-12H2,1H3/t15-,16+,18?,19?. The highest BCUT2D eigenvalue weighted by molar-refractivity contribution is 5.42. The van der Waals surface area contributed by atoms with Crippen molar-refractivity contribution >= 4 is 5.82 Å². The normalized spacial score (nSPS) is 25.6. The van der Waals surface area contributed by atoms with Gasteiger partial charge in [0.2, 0.25) is 0 Å². The molecule has 2 bridgehead atoms. The van der Waals surface area contributed by atoms with Gasteiger partial charge in [0, 0.05) is 37.5 Å². The molecule has 6 rings (SSSR count). The third kappa shape index (κ3) is 3.94. The van der Waals surface area contributed by atoms with Crippen molar-refractivity contribution < 1.29 is 17.6 Å². The number of benzene rings is 1. The summed E-state index contributed by atoms with van der Waals surface area (Å²) in [6, 6.07) is 2.31. The van der Waals surface area contributed by atoms with E-state index >= 15 is 0 Å². The van der Waals surface area contributed by atoms with E-state index in [0.717, 1.165) is 44.8 Å². The van der Waals surface area contributed by atoms with E-state index in [9.17, 15) is 17.6 Å². The number of aryl methyl sites for hydroxylation is 2. The van der Waals surface area contributed by atoms with Crippen LogP contribution in [0.2, 0.25) is 0 Å². The molecule has 10 heteroatoms. The quantitative estimate of drug-likeness (QED) is 0.375. The van der Waals surface area contributed by atoms with Crippen molar-refractivity contribution in [1.29, 1.82) is 0 Å². The Morgan fingerprint density at radius 2 is 1.69 bits per heavy atom. The number of aromatic nitrogens is 5.